The lowest BCUT2D eigenvalue weighted by atomic mass is 10.2. The molecule has 2 heterocycles. The number of nitrogens with zero attached hydrogens (tertiary/aromatic N) is 4. The topological polar surface area (TPSA) is 69.9 Å². The number of methoxy groups -OCH3 is 1. The van der Waals surface area contributed by atoms with Crippen LogP contribution in [-0.2, 0) is 16.1 Å². The molecule has 6 nitrogen and oxygen atoms in total. The number of aromatic nitrogens is 4. The van der Waals surface area contributed by atoms with Crippen LogP contribution in [0.25, 0.3) is 11.4 Å². The summed E-state index contributed by atoms with van der Waals surface area (Å²) in [5.41, 5.74) is 2.06. The molecule has 0 aliphatic carbocycles. The predicted octanol–water partition coefficient (Wildman–Crippen LogP) is 3.04. The van der Waals surface area contributed by atoms with Crippen molar-refractivity contribution in [3.05, 3.63) is 60.4 Å². The fraction of sp³-hybridized carbons (Fsp3) is 0.222. The monoisotopic (exact) mass is 354 g/mol. The van der Waals surface area contributed by atoms with Gasteiger partial charge in [0.05, 0.1) is 20.1 Å². The Morgan fingerprint density at radius 3 is 2.72 bits per heavy atom. The van der Waals surface area contributed by atoms with E-state index in [4.69, 9.17) is 0 Å². The maximum absolute atomic E-state index is 11.3. The van der Waals surface area contributed by atoms with E-state index in [0.29, 0.717) is 18.7 Å². The Morgan fingerprint density at radius 2 is 2.00 bits per heavy atom. The predicted molar refractivity (Wildman–Crippen MR) is 96.2 cm³/mol. The van der Waals surface area contributed by atoms with Crippen LogP contribution in [0.5, 0.6) is 0 Å². The maximum atomic E-state index is 11.3. The smallest absolute Gasteiger partial charge is 0.306 e. The molecule has 0 spiro atoms. The number of hydrogen-bond donors (Lipinski definition) is 0. The van der Waals surface area contributed by atoms with Gasteiger partial charge < -0.3 is 4.74 Å². The van der Waals surface area contributed by atoms with Gasteiger partial charge in [0.25, 0.3) is 0 Å². The van der Waals surface area contributed by atoms with Gasteiger partial charge in [0.15, 0.2) is 11.0 Å². The molecule has 0 saturated carbocycles. The lowest BCUT2D eigenvalue weighted by molar-refractivity contribution is -0.140. The van der Waals surface area contributed by atoms with Crippen LogP contribution in [-0.4, -0.2) is 38.6 Å². The summed E-state index contributed by atoms with van der Waals surface area (Å²) >= 11 is 1.49. The molecule has 128 valence electrons. The van der Waals surface area contributed by atoms with Gasteiger partial charge in [0.1, 0.15) is 0 Å². The van der Waals surface area contributed by atoms with E-state index in [1.165, 1.54) is 18.9 Å². The summed E-state index contributed by atoms with van der Waals surface area (Å²) in [5.74, 6) is 1.12. The Bertz CT molecular complexity index is 822. The molecule has 0 bridgehead atoms. The van der Waals surface area contributed by atoms with Gasteiger partial charge in [-0.15, -0.1) is 10.2 Å². The highest BCUT2D eigenvalue weighted by atomic mass is 32.2. The van der Waals surface area contributed by atoms with Crippen molar-refractivity contribution in [3.63, 3.8) is 0 Å². The molecule has 3 aromatic rings. The van der Waals surface area contributed by atoms with E-state index >= 15 is 0 Å². The van der Waals surface area contributed by atoms with Gasteiger partial charge in [0, 0.05) is 23.7 Å². The van der Waals surface area contributed by atoms with Crippen molar-refractivity contribution in [1.82, 2.24) is 19.7 Å². The lowest BCUT2D eigenvalue weighted by Gasteiger charge is -2.10. The van der Waals surface area contributed by atoms with Crippen LogP contribution in [0.2, 0.25) is 0 Å². The molecule has 0 amide bonds. The molecule has 3 rings (SSSR count). The number of hydrogen-bond acceptors (Lipinski definition) is 6. The van der Waals surface area contributed by atoms with Crippen molar-refractivity contribution in [2.24, 2.45) is 0 Å². The third kappa shape index (κ3) is 4.45. The standard InChI is InChI=1S/C18H18N4O2S/c1-24-16(23)9-11-25-18-21-20-17(15-8-5-10-19-12-15)22(18)13-14-6-3-2-4-7-14/h2-8,10,12H,9,11,13H2,1H3. The Labute approximate surface area is 150 Å². The van der Waals surface area contributed by atoms with Crippen LogP contribution in [0, 0.1) is 0 Å². The minimum absolute atomic E-state index is 0.228. The van der Waals surface area contributed by atoms with Gasteiger partial charge in [-0.05, 0) is 17.7 Å². The first-order valence-electron chi connectivity index (χ1n) is 7.85. The van der Waals surface area contributed by atoms with E-state index < -0.39 is 0 Å². The van der Waals surface area contributed by atoms with Gasteiger partial charge in [-0.1, -0.05) is 42.1 Å². The SMILES string of the molecule is COC(=O)CCSc1nnc(-c2cccnc2)n1Cc1ccccc1. The molecule has 0 atom stereocenters. The molecule has 0 radical (unpaired) electrons. The van der Waals surface area contributed by atoms with E-state index in [2.05, 4.69) is 32.1 Å². The van der Waals surface area contributed by atoms with Crippen LogP contribution in [0.3, 0.4) is 0 Å². The minimum Gasteiger partial charge on any atom is -0.469 e. The number of thioether (sulfide) groups is 1. The van der Waals surface area contributed by atoms with Crippen LogP contribution in [0.15, 0.2) is 60.0 Å². The molecule has 0 aliphatic heterocycles. The summed E-state index contributed by atoms with van der Waals surface area (Å²) in [4.78, 5) is 15.5. The molecule has 0 saturated heterocycles. The highest BCUT2D eigenvalue weighted by Crippen LogP contribution is 2.25. The maximum Gasteiger partial charge on any atom is 0.306 e. The highest BCUT2D eigenvalue weighted by molar-refractivity contribution is 7.99. The molecule has 0 unspecified atom stereocenters. The normalized spacial score (nSPS) is 10.6. The number of carbonyl (C=O) groups excluding carboxylic acids is 1. The van der Waals surface area contributed by atoms with Gasteiger partial charge in [-0.2, -0.15) is 0 Å². The summed E-state index contributed by atoms with van der Waals surface area (Å²) < 4.78 is 6.74. The molecule has 1 aromatic carbocycles. The third-order valence-corrected chi connectivity index (χ3v) is 4.55. The van der Waals surface area contributed by atoms with Crippen LogP contribution >= 0.6 is 11.8 Å². The number of carbonyl (C=O) groups is 1. The molecular formula is C18H18N4O2S. The van der Waals surface area contributed by atoms with Crippen molar-refractivity contribution in [1.29, 1.82) is 0 Å². The first kappa shape index (κ1) is 17.2. The van der Waals surface area contributed by atoms with Gasteiger partial charge in [-0.3, -0.25) is 14.3 Å². The first-order valence-corrected chi connectivity index (χ1v) is 8.83. The Morgan fingerprint density at radius 1 is 1.16 bits per heavy atom. The van der Waals surface area contributed by atoms with Crippen molar-refractivity contribution in [2.45, 2.75) is 18.1 Å². The highest BCUT2D eigenvalue weighted by Gasteiger charge is 2.15. The number of ether oxygens (including phenoxy) is 1. The van der Waals surface area contributed by atoms with Crippen LogP contribution < -0.4 is 0 Å². The summed E-state index contributed by atoms with van der Waals surface area (Å²) in [5, 5.41) is 9.41. The quantitative estimate of drug-likeness (QED) is 0.480. The molecular weight excluding hydrogens is 336 g/mol. The van der Waals surface area contributed by atoms with E-state index in [9.17, 15) is 4.79 Å². The van der Waals surface area contributed by atoms with Gasteiger partial charge in [0.2, 0.25) is 0 Å². The van der Waals surface area contributed by atoms with Crippen LogP contribution in [0.1, 0.15) is 12.0 Å². The average Bonchev–Trinajstić information content (AvgIpc) is 3.05. The average molecular weight is 354 g/mol. The first-order chi connectivity index (χ1) is 12.3. The zero-order chi connectivity index (χ0) is 17.5. The number of benzene rings is 1. The van der Waals surface area contributed by atoms with Crippen molar-refractivity contribution >= 4 is 17.7 Å². The summed E-state index contributed by atoms with van der Waals surface area (Å²) in [7, 11) is 1.39. The lowest BCUT2D eigenvalue weighted by Crippen LogP contribution is -2.06. The number of pyridine rings is 1. The Hall–Kier alpha value is -2.67. The molecule has 0 N–H and O–H groups in total. The fourth-order valence-corrected chi connectivity index (χ4v) is 3.20. The number of esters is 1. The second kappa shape index (κ2) is 8.43. The molecule has 25 heavy (non-hydrogen) atoms. The third-order valence-electron chi connectivity index (χ3n) is 3.59. The van der Waals surface area contributed by atoms with Crippen molar-refractivity contribution in [2.75, 3.05) is 12.9 Å². The van der Waals surface area contributed by atoms with E-state index in [-0.39, 0.29) is 5.97 Å². The summed E-state index contributed by atoms with van der Waals surface area (Å²) in [6.07, 6.45) is 3.84. The summed E-state index contributed by atoms with van der Waals surface area (Å²) in [6.45, 7) is 0.651. The molecule has 0 aliphatic rings. The second-order valence-electron chi connectivity index (χ2n) is 5.29. The van der Waals surface area contributed by atoms with E-state index in [1.54, 1.807) is 12.4 Å². The molecule has 2 aromatic heterocycles. The zero-order valence-electron chi connectivity index (χ0n) is 13.8. The zero-order valence-corrected chi connectivity index (χ0v) is 14.6. The second-order valence-corrected chi connectivity index (χ2v) is 6.36. The Kier molecular flexibility index (Phi) is 5.79. The van der Waals surface area contributed by atoms with E-state index in [0.717, 1.165) is 22.1 Å². The number of rotatable bonds is 7. The fourth-order valence-electron chi connectivity index (χ4n) is 2.34. The van der Waals surface area contributed by atoms with Crippen molar-refractivity contribution in [3.8, 4) is 11.4 Å². The molecule has 7 heteroatoms. The van der Waals surface area contributed by atoms with Gasteiger partial charge >= 0.3 is 5.97 Å². The largest absolute Gasteiger partial charge is 0.469 e. The van der Waals surface area contributed by atoms with Crippen molar-refractivity contribution < 1.29 is 9.53 Å². The van der Waals surface area contributed by atoms with Crippen LogP contribution in [0.4, 0.5) is 0 Å². The minimum atomic E-state index is -0.228. The Balaban J connectivity index is 1.87. The molecule has 0 fully saturated rings. The van der Waals surface area contributed by atoms with E-state index in [1.807, 2.05) is 34.9 Å². The van der Waals surface area contributed by atoms with Gasteiger partial charge in [-0.25, -0.2) is 0 Å². The summed E-state index contributed by atoms with van der Waals surface area (Å²) in [6, 6.07) is 14.0.